The first-order chi connectivity index (χ1) is 13.8. The Bertz CT molecular complexity index is 1050. The fourth-order valence-corrected chi connectivity index (χ4v) is 3.62. The highest BCUT2D eigenvalue weighted by Crippen LogP contribution is 2.28. The molecular formula is C22H21N5S. The second kappa shape index (κ2) is 8.63. The van der Waals surface area contributed by atoms with E-state index in [2.05, 4.69) is 44.9 Å². The highest BCUT2D eigenvalue weighted by molar-refractivity contribution is 7.18. The molecule has 4 aromatic rings. The molecule has 2 N–H and O–H groups in total. The molecule has 5 nitrogen and oxygen atoms in total. The molecule has 0 bridgehead atoms. The molecule has 140 valence electrons. The molecule has 0 unspecified atom stereocenters. The number of pyridine rings is 2. The number of aromatic nitrogens is 3. The lowest BCUT2D eigenvalue weighted by Gasteiger charge is -2.06. The van der Waals surface area contributed by atoms with Gasteiger partial charge in [0.15, 0.2) is 5.13 Å². The molecular weight excluding hydrogens is 366 g/mol. The van der Waals surface area contributed by atoms with Crippen LogP contribution in [0.15, 0.2) is 73.1 Å². The molecule has 28 heavy (non-hydrogen) atoms. The summed E-state index contributed by atoms with van der Waals surface area (Å²) in [5.74, 6) is 1.56. The van der Waals surface area contributed by atoms with Crippen LogP contribution < -0.4 is 10.6 Å². The first-order valence-corrected chi connectivity index (χ1v) is 9.99. The third-order valence-electron chi connectivity index (χ3n) is 4.21. The summed E-state index contributed by atoms with van der Waals surface area (Å²) in [5.41, 5.74) is 3.37. The molecule has 0 amide bonds. The largest absolute Gasteiger partial charge is 0.361 e. The molecule has 0 aliphatic carbocycles. The Kier molecular flexibility index (Phi) is 5.58. The zero-order chi connectivity index (χ0) is 19.2. The molecule has 3 aromatic heterocycles. The van der Waals surface area contributed by atoms with E-state index in [1.807, 2.05) is 49.5 Å². The van der Waals surface area contributed by atoms with E-state index in [0.717, 1.165) is 45.9 Å². The number of rotatable bonds is 7. The number of hydrogen-bond acceptors (Lipinski definition) is 6. The van der Waals surface area contributed by atoms with Crippen LogP contribution in [-0.2, 0) is 6.42 Å². The third kappa shape index (κ3) is 4.72. The van der Waals surface area contributed by atoms with Crippen LogP contribution in [0.25, 0.3) is 10.6 Å². The summed E-state index contributed by atoms with van der Waals surface area (Å²) in [6.07, 6.45) is 4.63. The summed E-state index contributed by atoms with van der Waals surface area (Å²) in [6, 6.07) is 20.3. The van der Waals surface area contributed by atoms with Gasteiger partial charge in [-0.25, -0.2) is 15.0 Å². The van der Waals surface area contributed by atoms with Crippen molar-refractivity contribution in [1.29, 1.82) is 0 Å². The fraction of sp³-hybridized carbons (Fsp3) is 0.136. The molecule has 0 aliphatic rings. The Labute approximate surface area is 168 Å². The Morgan fingerprint density at radius 3 is 2.68 bits per heavy atom. The van der Waals surface area contributed by atoms with E-state index in [9.17, 15) is 0 Å². The number of benzene rings is 1. The van der Waals surface area contributed by atoms with Crippen molar-refractivity contribution in [3.63, 3.8) is 0 Å². The van der Waals surface area contributed by atoms with Gasteiger partial charge in [0.05, 0.1) is 10.6 Å². The smallest absolute Gasteiger partial charge is 0.183 e. The molecule has 0 saturated carbocycles. The van der Waals surface area contributed by atoms with Crippen molar-refractivity contribution in [1.82, 2.24) is 15.0 Å². The van der Waals surface area contributed by atoms with Crippen molar-refractivity contribution >= 4 is 28.1 Å². The van der Waals surface area contributed by atoms with Crippen molar-refractivity contribution in [3.8, 4) is 10.6 Å². The normalized spacial score (nSPS) is 10.6. The van der Waals surface area contributed by atoms with Crippen molar-refractivity contribution in [3.05, 3.63) is 84.2 Å². The summed E-state index contributed by atoms with van der Waals surface area (Å²) in [7, 11) is 0. The lowest BCUT2D eigenvalue weighted by molar-refractivity contribution is 1.02. The monoisotopic (exact) mass is 387 g/mol. The maximum Gasteiger partial charge on any atom is 0.183 e. The van der Waals surface area contributed by atoms with Gasteiger partial charge >= 0.3 is 0 Å². The molecule has 3 heterocycles. The minimum atomic E-state index is 0.766. The lowest BCUT2D eigenvalue weighted by atomic mass is 10.2. The maximum absolute atomic E-state index is 4.70. The second-order valence-corrected chi connectivity index (χ2v) is 7.47. The predicted octanol–water partition coefficient (Wildman–Crippen LogP) is 5.31. The van der Waals surface area contributed by atoms with Crippen LogP contribution >= 0.6 is 11.3 Å². The molecule has 0 aliphatic heterocycles. The number of hydrogen-bond donors (Lipinski definition) is 2. The van der Waals surface area contributed by atoms with Gasteiger partial charge in [0, 0.05) is 18.9 Å². The quantitative estimate of drug-likeness (QED) is 0.450. The van der Waals surface area contributed by atoms with Gasteiger partial charge < -0.3 is 10.6 Å². The molecule has 0 spiro atoms. The van der Waals surface area contributed by atoms with Gasteiger partial charge in [0.25, 0.3) is 0 Å². The minimum Gasteiger partial charge on any atom is -0.361 e. The van der Waals surface area contributed by atoms with Crippen molar-refractivity contribution < 1.29 is 0 Å². The predicted molar refractivity (Wildman–Crippen MR) is 116 cm³/mol. The maximum atomic E-state index is 4.70. The highest BCUT2D eigenvalue weighted by atomic mass is 32.1. The highest BCUT2D eigenvalue weighted by Gasteiger charge is 2.07. The molecule has 6 heteroatoms. The Morgan fingerprint density at radius 1 is 0.929 bits per heavy atom. The van der Waals surface area contributed by atoms with Gasteiger partial charge in [-0.1, -0.05) is 47.7 Å². The van der Waals surface area contributed by atoms with E-state index < -0.39 is 0 Å². The van der Waals surface area contributed by atoms with Crippen LogP contribution in [0.5, 0.6) is 0 Å². The van der Waals surface area contributed by atoms with Gasteiger partial charge in [-0.05, 0) is 48.7 Å². The second-order valence-electron chi connectivity index (χ2n) is 6.44. The van der Waals surface area contributed by atoms with Crippen molar-refractivity contribution in [2.75, 3.05) is 17.2 Å². The van der Waals surface area contributed by atoms with Crippen LogP contribution in [0.3, 0.4) is 0 Å². The van der Waals surface area contributed by atoms with Crippen molar-refractivity contribution in [2.45, 2.75) is 13.3 Å². The average molecular weight is 388 g/mol. The number of anilines is 3. The third-order valence-corrected chi connectivity index (χ3v) is 5.19. The Morgan fingerprint density at radius 2 is 1.82 bits per heavy atom. The number of nitrogens with one attached hydrogen (secondary N) is 2. The van der Waals surface area contributed by atoms with E-state index in [1.165, 1.54) is 5.56 Å². The van der Waals surface area contributed by atoms with Crippen LogP contribution in [0.2, 0.25) is 0 Å². The van der Waals surface area contributed by atoms with Crippen LogP contribution in [-0.4, -0.2) is 21.5 Å². The fourth-order valence-electron chi connectivity index (χ4n) is 2.81. The van der Waals surface area contributed by atoms with Crippen LogP contribution in [0.4, 0.5) is 16.8 Å². The zero-order valence-corrected chi connectivity index (χ0v) is 16.4. The zero-order valence-electron chi connectivity index (χ0n) is 15.6. The lowest BCUT2D eigenvalue weighted by Crippen LogP contribution is -2.03. The van der Waals surface area contributed by atoms with Gasteiger partial charge in [-0.3, -0.25) is 0 Å². The summed E-state index contributed by atoms with van der Waals surface area (Å²) in [6.45, 7) is 2.89. The summed E-state index contributed by atoms with van der Waals surface area (Å²) >= 11 is 1.61. The summed E-state index contributed by atoms with van der Waals surface area (Å²) < 4.78 is 0. The van der Waals surface area contributed by atoms with Crippen LogP contribution in [0.1, 0.15) is 11.1 Å². The Balaban J connectivity index is 1.40. The molecule has 0 fully saturated rings. The molecule has 0 saturated heterocycles. The molecule has 0 atom stereocenters. The number of thiazole rings is 1. The molecule has 1 aromatic carbocycles. The van der Waals surface area contributed by atoms with Crippen molar-refractivity contribution in [2.24, 2.45) is 0 Å². The van der Waals surface area contributed by atoms with Gasteiger partial charge in [-0.2, -0.15) is 0 Å². The van der Waals surface area contributed by atoms with Gasteiger partial charge in [0.2, 0.25) is 0 Å². The molecule has 4 rings (SSSR count). The van der Waals surface area contributed by atoms with E-state index >= 15 is 0 Å². The average Bonchev–Trinajstić information content (AvgIpc) is 3.18. The minimum absolute atomic E-state index is 0.766. The Hall–Kier alpha value is -3.25. The van der Waals surface area contributed by atoms with E-state index in [0.29, 0.717) is 0 Å². The van der Waals surface area contributed by atoms with E-state index in [-0.39, 0.29) is 0 Å². The van der Waals surface area contributed by atoms with E-state index in [4.69, 9.17) is 4.98 Å². The summed E-state index contributed by atoms with van der Waals surface area (Å²) in [4.78, 5) is 14.5. The first kappa shape index (κ1) is 18.1. The SMILES string of the molecule is Cc1ccnc(Nc2cccc(-c3cnc(NCCc4ccccc4)s3)n2)c1. The first-order valence-electron chi connectivity index (χ1n) is 9.17. The number of nitrogens with zero attached hydrogens (tertiary/aromatic N) is 3. The summed E-state index contributed by atoms with van der Waals surface area (Å²) in [5, 5.41) is 7.57. The van der Waals surface area contributed by atoms with E-state index in [1.54, 1.807) is 17.5 Å². The number of aryl methyl sites for hydroxylation is 1. The standard InChI is InChI=1S/C22H21N5S/c1-16-10-12-23-21(14-16)27-20-9-5-8-18(26-20)19-15-25-22(28-19)24-13-11-17-6-3-2-4-7-17/h2-10,12,14-15H,11,13H2,1H3,(H,24,25)(H,23,26,27). The topological polar surface area (TPSA) is 62.7 Å². The van der Waals surface area contributed by atoms with Gasteiger partial charge in [0.1, 0.15) is 11.6 Å². The molecule has 0 radical (unpaired) electrons. The van der Waals surface area contributed by atoms with Gasteiger partial charge in [-0.15, -0.1) is 0 Å². The van der Waals surface area contributed by atoms with Crippen LogP contribution in [0, 0.1) is 6.92 Å².